The number of hydrogen-bond acceptors (Lipinski definition) is 1. The van der Waals surface area contributed by atoms with E-state index in [1.807, 2.05) is 24.3 Å². The van der Waals surface area contributed by atoms with Crippen LogP contribution < -0.4 is 5.73 Å². The Bertz CT molecular complexity index is 759. The fourth-order valence-corrected chi connectivity index (χ4v) is 2.73. The van der Waals surface area contributed by atoms with E-state index < -0.39 is 0 Å². The summed E-state index contributed by atoms with van der Waals surface area (Å²) in [5.41, 5.74) is 8.82. The van der Waals surface area contributed by atoms with Gasteiger partial charge in [-0.1, -0.05) is 48.5 Å². The molecule has 106 valence electrons. The third-order valence-corrected chi connectivity index (χ3v) is 3.72. The van der Waals surface area contributed by atoms with Crippen molar-refractivity contribution in [1.82, 2.24) is 4.57 Å². The highest BCUT2D eigenvalue weighted by Gasteiger charge is 2.09. The number of benzene rings is 2. The van der Waals surface area contributed by atoms with Crippen molar-refractivity contribution >= 4 is 16.8 Å². The Hall–Kier alpha value is -2.55. The van der Waals surface area contributed by atoms with Gasteiger partial charge in [-0.15, -0.1) is 0 Å². The van der Waals surface area contributed by atoms with Crippen molar-refractivity contribution in [2.75, 3.05) is 0 Å². The molecule has 0 aliphatic heterocycles. The number of nitrogens with two attached hydrogens (primary N) is 1. The molecule has 1 heterocycles. The maximum absolute atomic E-state index is 11.2. The molecule has 3 heteroatoms. The Kier molecular flexibility index (Phi) is 3.73. The topological polar surface area (TPSA) is 48.0 Å². The predicted molar refractivity (Wildman–Crippen MR) is 85.0 cm³/mol. The van der Waals surface area contributed by atoms with Gasteiger partial charge in [0.2, 0.25) is 5.91 Å². The summed E-state index contributed by atoms with van der Waals surface area (Å²) in [5, 5.41) is 1.12. The number of carbonyl (C=O) groups is 1. The molecule has 2 N–H and O–H groups in total. The zero-order chi connectivity index (χ0) is 14.7. The SMILES string of the molecule is NC(=O)Cc1cn(CCc2ccccc2)c2ccccc12. The molecule has 0 fully saturated rings. The van der Waals surface area contributed by atoms with Gasteiger partial charge in [-0.25, -0.2) is 0 Å². The smallest absolute Gasteiger partial charge is 0.221 e. The number of nitrogens with zero attached hydrogens (tertiary/aromatic N) is 1. The van der Waals surface area contributed by atoms with Crippen LogP contribution in [-0.2, 0) is 24.2 Å². The first-order valence-electron chi connectivity index (χ1n) is 7.13. The summed E-state index contributed by atoms with van der Waals surface area (Å²) in [6.07, 6.45) is 3.31. The summed E-state index contributed by atoms with van der Waals surface area (Å²) in [5.74, 6) is -0.291. The lowest BCUT2D eigenvalue weighted by Crippen LogP contribution is -2.13. The molecule has 1 aromatic heterocycles. The van der Waals surface area contributed by atoms with E-state index in [1.165, 1.54) is 5.56 Å². The Morgan fingerprint density at radius 2 is 1.71 bits per heavy atom. The van der Waals surface area contributed by atoms with E-state index in [9.17, 15) is 4.79 Å². The number of primary amides is 1. The van der Waals surface area contributed by atoms with Gasteiger partial charge in [-0.05, 0) is 23.6 Å². The van der Waals surface area contributed by atoms with Crippen LogP contribution in [0, 0.1) is 0 Å². The molecule has 0 saturated carbocycles. The number of amides is 1. The van der Waals surface area contributed by atoms with Crippen molar-refractivity contribution in [3.05, 3.63) is 71.9 Å². The first kappa shape index (κ1) is 13.4. The van der Waals surface area contributed by atoms with Crippen LogP contribution in [0.25, 0.3) is 10.9 Å². The average Bonchev–Trinajstić information content (AvgIpc) is 2.84. The molecular weight excluding hydrogens is 260 g/mol. The minimum atomic E-state index is -0.291. The van der Waals surface area contributed by atoms with Crippen LogP contribution in [0.1, 0.15) is 11.1 Å². The van der Waals surface area contributed by atoms with Crippen LogP contribution >= 0.6 is 0 Å². The fraction of sp³-hybridized carbons (Fsp3) is 0.167. The van der Waals surface area contributed by atoms with Gasteiger partial charge in [0.25, 0.3) is 0 Å². The molecule has 3 nitrogen and oxygen atoms in total. The Balaban J connectivity index is 1.89. The second-order valence-electron chi connectivity index (χ2n) is 5.24. The summed E-state index contributed by atoms with van der Waals surface area (Å²) in [4.78, 5) is 11.2. The zero-order valence-electron chi connectivity index (χ0n) is 11.8. The minimum absolute atomic E-state index is 0.291. The predicted octanol–water partition coefficient (Wildman–Crippen LogP) is 2.91. The summed E-state index contributed by atoms with van der Waals surface area (Å²) >= 11 is 0. The third-order valence-electron chi connectivity index (χ3n) is 3.72. The standard InChI is InChI=1S/C18H18N2O/c19-18(21)12-15-13-20(17-9-5-4-8-16(15)17)11-10-14-6-2-1-3-7-14/h1-9,13H,10-12H2,(H2,19,21). The number of rotatable bonds is 5. The van der Waals surface area contributed by atoms with E-state index in [2.05, 4.69) is 41.1 Å². The van der Waals surface area contributed by atoms with Crippen LogP contribution in [0.2, 0.25) is 0 Å². The molecule has 0 aliphatic rings. The maximum atomic E-state index is 11.2. The second-order valence-corrected chi connectivity index (χ2v) is 5.24. The number of hydrogen-bond donors (Lipinski definition) is 1. The van der Waals surface area contributed by atoms with Crippen molar-refractivity contribution in [1.29, 1.82) is 0 Å². The van der Waals surface area contributed by atoms with Crippen molar-refractivity contribution in [3.63, 3.8) is 0 Å². The third kappa shape index (κ3) is 2.97. The van der Waals surface area contributed by atoms with E-state index in [4.69, 9.17) is 5.73 Å². The van der Waals surface area contributed by atoms with Crippen molar-refractivity contribution in [2.45, 2.75) is 19.4 Å². The van der Waals surface area contributed by atoms with E-state index in [-0.39, 0.29) is 5.91 Å². The first-order chi connectivity index (χ1) is 10.2. The molecule has 0 spiro atoms. The molecule has 1 amide bonds. The molecule has 0 bridgehead atoms. The van der Waals surface area contributed by atoms with Crippen molar-refractivity contribution in [2.24, 2.45) is 5.73 Å². The van der Waals surface area contributed by atoms with E-state index >= 15 is 0 Å². The molecule has 0 saturated heterocycles. The maximum Gasteiger partial charge on any atom is 0.221 e. The first-order valence-corrected chi connectivity index (χ1v) is 7.13. The quantitative estimate of drug-likeness (QED) is 0.766. The average molecular weight is 278 g/mol. The van der Waals surface area contributed by atoms with E-state index in [1.54, 1.807) is 0 Å². The molecule has 3 rings (SSSR count). The van der Waals surface area contributed by atoms with E-state index in [0.717, 1.165) is 29.4 Å². The highest BCUT2D eigenvalue weighted by atomic mass is 16.1. The molecule has 0 atom stereocenters. The summed E-state index contributed by atoms with van der Waals surface area (Å²) in [6.45, 7) is 0.892. The molecule has 0 radical (unpaired) electrons. The molecule has 2 aromatic carbocycles. The van der Waals surface area contributed by atoms with Crippen LogP contribution in [0.3, 0.4) is 0 Å². The molecule has 0 aliphatic carbocycles. The summed E-state index contributed by atoms with van der Waals surface area (Å²) < 4.78 is 2.21. The molecule has 3 aromatic rings. The van der Waals surface area contributed by atoms with Crippen LogP contribution in [-0.4, -0.2) is 10.5 Å². The minimum Gasteiger partial charge on any atom is -0.369 e. The normalized spacial score (nSPS) is 10.9. The number of aromatic nitrogens is 1. The van der Waals surface area contributed by atoms with Gasteiger partial charge in [0, 0.05) is 23.6 Å². The van der Waals surface area contributed by atoms with Gasteiger partial charge in [0.05, 0.1) is 6.42 Å². The highest BCUT2D eigenvalue weighted by molar-refractivity contribution is 5.88. The van der Waals surface area contributed by atoms with Crippen molar-refractivity contribution < 1.29 is 4.79 Å². The lowest BCUT2D eigenvalue weighted by Gasteiger charge is -2.05. The Morgan fingerprint density at radius 1 is 1.00 bits per heavy atom. The summed E-state index contributed by atoms with van der Waals surface area (Å²) in [7, 11) is 0. The number of aryl methyl sites for hydroxylation is 2. The Morgan fingerprint density at radius 3 is 2.48 bits per heavy atom. The van der Waals surface area contributed by atoms with Crippen LogP contribution in [0.5, 0.6) is 0 Å². The van der Waals surface area contributed by atoms with Gasteiger partial charge < -0.3 is 10.3 Å². The molecule has 21 heavy (non-hydrogen) atoms. The van der Waals surface area contributed by atoms with Gasteiger partial charge in [0.1, 0.15) is 0 Å². The van der Waals surface area contributed by atoms with Gasteiger partial charge in [0.15, 0.2) is 0 Å². The monoisotopic (exact) mass is 278 g/mol. The number of para-hydroxylation sites is 1. The molecule has 0 unspecified atom stereocenters. The summed E-state index contributed by atoms with van der Waals surface area (Å²) in [6, 6.07) is 18.6. The highest BCUT2D eigenvalue weighted by Crippen LogP contribution is 2.22. The lowest BCUT2D eigenvalue weighted by molar-refractivity contribution is -0.117. The fourth-order valence-electron chi connectivity index (χ4n) is 2.73. The second kappa shape index (κ2) is 5.83. The van der Waals surface area contributed by atoms with Gasteiger partial charge >= 0.3 is 0 Å². The Labute approximate surface area is 124 Å². The molecular formula is C18H18N2O. The van der Waals surface area contributed by atoms with Crippen LogP contribution in [0.4, 0.5) is 0 Å². The van der Waals surface area contributed by atoms with Crippen molar-refractivity contribution in [3.8, 4) is 0 Å². The number of fused-ring (bicyclic) bond motifs is 1. The zero-order valence-corrected chi connectivity index (χ0v) is 11.8. The van der Waals surface area contributed by atoms with Gasteiger partial charge in [-0.2, -0.15) is 0 Å². The van der Waals surface area contributed by atoms with E-state index in [0.29, 0.717) is 6.42 Å². The number of carbonyl (C=O) groups excluding carboxylic acids is 1. The van der Waals surface area contributed by atoms with Crippen LogP contribution in [0.15, 0.2) is 60.8 Å². The lowest BCUT2D eigenvalue weighted by atomic mass is 10.1. The largest absolute Gasteiger partial charge is 0.369 e. The van der Waals surface area contributed by atoms with Gasteiger partial charge in [-0.3, -0.25) is 4.79 Å².